The highest BCUT2D eigenvalue weighted by molar-refractivity contribution is 7.86. The van der Waals surface area contributed by atoms with Gasteiger partial charge < -0.3 is 4.18 Å². The van der Waals surface area contributed by atoms with Crippen LogP contribution in [0.2, 0.25) is 0 Å². The quantitative estimate of drug-likeness (QED) is 0.101. The molecule has 0 aliphatic heterocycles. The highest BCUT2D eigenvalue weighted by Gasteiger charge is 2.69. The lowest BCUT2D eigenvalue weighted by Gasteiger charge is -2.25. The van der Waals surface area contributed by atoms with E-state index in [9.17, 15) is 30.8 Å². The van der Waals surface area contributed by atoms with Crippen molar-refractivity contribution in [3.05, 3.63) is 102 Å². The summed E-state index contributed by atoms with van der Waals surface area (Å²) in [6, 6.07) is 21.7. The maximum Gasteiger partial charge on any atom is 0.666 e. The predicted octanol–water partition coefficient (Wildman–Crippen LogP) is 4.40. The van der Waals surface area contributed by atoms with E-state index in [1.807, 2.05) is 0 Å². The minimum atomic E-state index is -4.59. The number of hydrogen-bond acceptors (Lipinski definition) is 11. The van der Waals surface area contributed by atoms with Crippen LogP contribution in [0, 0.1) is 0 Å². The van der Waals surface area contributed by atoms with Crippen molar-refractivity contribution in [2.75, 3.05) is 12.5 Å². The molecule has 0 heterocycles. The van der Waals surface area contributed by atoms with Crippen LogP contribution in [0.25, 0.3) is 0 Å². The molecular formula is C24H25NO11P2S2+2. The number of carbonyl (C=O) groups is 1. The minimum absolute atomic E-state index is 0.100. The van der Waals surface area contributed by atoms with E-state index < -0.39 is 53.6 Å². The van der Waals surface area contributed by atoms with Crippen molar-refractivity contribution in [3.8, 4) is 5.75 Å². The molecule has 0 amide bonds. The molecule has 212 valence electrons. The first kappa shape index (κ1) is 31.6. The van der Waals surface area contributed by atoms with E-state index in [2.05, 4.69) is 0 Å². The third-order valence-corrected chi connectivity index (χ3v) is 8.76. The van der Waals surface area contributed by atoms with Crippen LogP contribution in [-0.2, 0) is 66.3 Å². The number of para-hydroxylation sites is 1. The first-order valence-electron chi connectivity index (χ1n) is 11.3. The molecule has 0 bridgehead atoms. The Hall–Kier alpha value is -2.93. The van der Waals surface area contributed by atoms with E-state index in [4.69, 9.17) is 17.4 Å². The Balaban J connectivity index is 2.16. The predicted molar refractivity (Wildman–Crippen MR) is 145 cm³/mol. The van der Waals surface area contributed by atoms with Crippen molar-refractivity contribution in [3.63, 3.8) is 0 Å². The molecule has 0 N–H and O–H groups in total. The monoisotopic (exact) mass is 629 g/mol. The average Bonchev–Trinajstić information content (AvgIpc) is 2.90. The van der Waals surface area contributed by atoms with E-state index in [-0.39, 0.29) is 19.5 Å². The highest BCUT2D eigenvalue weighted by atomic mass is 32.2. The standard InChI is InChI=1S/C24H25NO11P2S2/c1-39(29,30)35-23-16-10-9-15-22(23)24(19-26,36-40(2,31)32)25(37(27)33-17-20-11-5-3-6-12-20)38(28)34-18-21-13-7-4-8-14-21/h3-16,19H,17-18H2,1-2H3/q+2. The molecule has 0 fully saturated rings. The Labute approximate surface area is 233 Å². The molecule has 0 saturated heterocycles. The summed E-state index contributed by atoms with van der Waals surface area (Å²) in [6.45, 7) is -0.604. The number of nitrogens with zero attached hydrogens (tertiary/aromatic N) is 1. The van der Waals surface area contributed by atoms with Crippen LogP contribution in [0.4, 0.5) is 0 Å². The van der Waals surface area contributed by atoms with Crippen LogP contribution >= 0.6 is 16.4 Å². The van der Waals surface area contributed by atoms with Crippen molar-refractivity contribution in [1.82, 2.24) is 4.44 Å². The summed E-state index contributed by atoms with van der Waals surface area (Å²) in [4.78, 5) is 12.8. The van der Waals surface area contributed by atoms with E-state index in [0.29, 0.717) is 28.1 Å². The second kappa shape index (κ2) is 13.6. The first-order valence-corrected chi connectivity index (χ1v) is 17.2. The van der Waals surface area contributed by atoms with E-state index >= 15 is 0 Å². The van der Waals surface area contributed by atoms with Crippen molar-refractivity contribution < 1.29 is 48.2 Å². The van der Waals surface area contributed by atoms with Gasteiger partial charge >= 0.3 is 32.2 Å². The van der Waals surface area contributed by atoms with Gasteiger partial charge in [-0.2, -0.15) is 16.8 Å². The summed E-state index contributed by atoms with van der Waals surface area (Å²) >= 11 is 0. The lowest BCUT2D eigenvalue weighted by Crippen LogP contribution is -2.45. The molecule has 3 aromatic rings. The molecular weight excluding hydrogens is 604 g/mol. The fraction of sp³-hybridized carbons (Fsp3) is 0.208. The van der Waals surface area contributed by atoms with Crippen LogP contribution < -0.4 is 4.18 Å². The lowest BCUT2D eigenvalue weighted by molar-refractivity contribution is -0.129. The number of carbonyl (C=O) groups excluding carboxylic acids is 1. The van der Waals surface area contributed by atoms with Crippen LogP contribution in [-0.4, -0.2) is 40.1 Å². The zero-order valence-corrected chi connectivity index (χ0v) is 24.6. The van der Waals surface area contributed by atoms with Crippen molar-refractivity contribution in [2.45, 2.75) is 18.9 Å². The topological polar surface area (TPSA) is 160 Å². The van der Waals surface area contributed by atoms with Gasteiger partial charge in [-0.15, -0.1) is 9.05 Å². The fourth-order valence-corrected chi connectivity index (χ4v) is 7.01. The van der Waals surface area contributed by atoms with E-state index in [1.165, 1.54) is 12.1 Å². The van der Waals surface area contributed by atoms with Gasteiger partial charge in [-0.3, -0.25) is 4.79 Å². The molecule has 16 heteroatoms. The number of rotatable bonds is 15. The summed E-state index contributed by atoms with van der Waals surface area (Å²) < 4.78 is 97.3. The summed E-state index contributed by atoms with van der Waals surface area (Å²) in [6.07, 6.45) is 1.21. The Kier molecular flexibility index (Phi) is 10.8. The molecule has 0 saturated carbocycles. The fourth-order valence-electron chi connectivity index (χ4n) is 3.36. The second-order valence-electron chi connectivity index (χ2n) is 8.17. The van der Waals surface area contributed by atoms with Crippen molar-refractivity contribution in [2.24, 2.45) is 0 Å². The summed E-state index contributed by atoms with van der Waals surface area (Å²) in [5.74, 6) is -0.552. The third-order valence-electron chi connectivity index (χ3n) is 4.93. The van der Waals surface area contributed by atoms with Gasteiger partial charge in [0.2, 0.25) is 4.44 Å². The van der Waals surface area contributed by atoms with Gasteiger partial charge in [0.05, 0.1) is 18.1 Å². The molecule has 0 aliphatic carbocycles. The molecule has 0 radical (unpaired) electrons. The number of hydrogen-bond donors (Lipinski definition) is 0. The highest BCUT2D eigenvalue weighted by Crippen LogP contribution is 2.55. The summed E-state index contributed by atoms with van der Waals surface area (Å²) in [7, 11) is -15.5. The van der Waals surface area contributed by atoms with Crippen LogP contribution in [0.1, 0.15) is 16.7 Å². The number of benzene rings is 3. The molecule has 0 aliphatic rings. The Morgan fingerprint density at radius 1 is 0.725 bits per heavy atom. The molecule has 3 aromatic carbocycles. The zero-order chi connectivity index (χ0) is 29.4. The molecule has 3 unspecified atom stereocenters. The van der Waals surface area contributed by atoms with Crippen LogP contribution in [0.5, 0.6) is 5.75 Å². The zero-order valence-electron chi connectivity index (χ0n) is 21.2. The van der Waals surface area contributed by atoms with Gasteiger partial charge in [0.25, 0.3) is 10.1 Å². The molecule has 3 rings (SSSR count). The van der Waals surface area contributed by atoms with Crippen LogP contribution in [0.15, 0.2) is 84.9 Å². The lowest BCUT2D eigenvalue weighted by atomic mass is 10.0. The van der Waals surface area contributed by atoms with Crippen molar-refractivity contribution in [1.29, 1.82) is 0 Å². The van der Waals surface area contributed by atoms with Crippen molar-refractivity contribution >= 4 is 42.9 Å². The first-order chi connectivity index (χ1) is 18.8. The smallest absolute Gasteiger partial charge is 0.382 e. The summed E-state index contributed by atoms with van der Waals surface area (Å²) in [5.41, 5.74) is -2.46. The van der Waals surface area contributed by atoms with Gasteiger partial charge in [-0.05, 0) is 26.3 Å². The SMILES string of the molecule is CS(=O)(=O)Oc1ccccc1C(C=O)(OS(C)(=O)=O)N([P+](=O)OCc1ccccc1)[P+](=O)OCc1ccccc1. The molecule has 3 atom stereocenters. The third kappa shape index (κ3) is 8.79. The van der Waals surface area contributed by atoms with Gasteiger partial charge in [0.15, 0.2) is 12.0 Å². The maximum atomic E-state index is 13.6. The largest absolute Gasteiger partial charge is 0.666 e. The Morgan fingerprint density at radius 2 is 1.18 bits per heavy atom. The summed E-state index contributed by atoms with van der Waals surface area (Å²) in [5, 5.41) is 0. The van der Waals surface area contributed by atoms with Crippen LogP contribution in [0.3, 0.4) is 0 Å². The molecule has 12 nitrogen and oxygen atoms in total. The number of aldehydes is 1. The van der Waals surface area contributed by atoms with Gasteiger partial charge in [0.1, 0.15) is 13.2 Å². The van der Waals surface area contributed by atoms with Gasteiger partial charge in [0, 0.05) is 0 Å². The second-order valence-corrected chi connectivity index (χ2v) is 13.9. The normalized spacial score (nSPS) is 14.3. The average molecular weight is 630 g/mol. The van der Waals surface area contributed by atoms with E-state index in [1.54, 1.807) is 60.7 Å². The molecule has 0 spiro atoms. The Bertz CT molecular complexity index is 1520. The van der Waals surface area contributed by atoms with Gasteiger partial charge in [-0.1, -0.05) is 78.9 Å². The molecule has 40 heavy (non-hydrogen) atoms. The maximum absolute atomic E-state index is 13.6. The molecule has 0 aromatic heterocycles. The van der Waals surface area contributed by atoms with Gasteiger partial charge in [-0.25, -0.2) is 4.18 Å². The van der Waals surface area contributed by atoms with E-state index in [0.717, 1.165) is 12.1 Å². The minimum Gasteiger partial charge on any atom is -0.382 e. The Morgan fingerprint density at radius 3 is 1.60 bits per heavy atom.